The molecule has 9 nitrogen and oxygen atoms in total. The lowest BCUT2D eigenvalue weighted by Gasteiger charge is -2.55. The van der Waals surface area contributed by atoms with Gasteiger partial charge in [-0.25, -0.2) is 4.79 Å². The molecule has 0 aliphatic carbocycles. The third-order valence-corrected chi connectivity index (χ3v) is 11.6. The maximum absolute atomic E-state index is 14.7. The predicted molar refractivity (Wildman–Crippen MR) is 219 cm³/mol. The van der Waals surface area contributed by atoms with Gasteiger partial charge in [0.05, 0.1) is 12.0 Å². The van der Waals surface area contributed by atoms with Gasteiger partial charge in [-0.05, 0) is 55.1 Å². The fourth-order valence-corrected chi connectivity index (χ4v) is 9.23. The van der Waals surface area contributed by atoms with Crippen molar-refractivity contribution < 1.29 is 24.4 Å². The minimum atomic E-state index is -2.23. The molecule has 1 aromatic heterocycles. The van der Waals surface area contributed by atoms with Gasteiger partial charge in [-0.3, -0.25) is 14.3 Å². The highest BCUT2D eigenvalue weighted by atomic mass is 16.7. The second-order valence-electron chi connectivity index (χ2n) is 14.2. The summed E-state index contributed by atoms with van der Waals surface area (Å²) >= 11 is 0. The summed E-state index contributed by atoms with van der Waals surface area (Å²) in [4.78, 5) is 31.1. The van der Waals surface area contributed by atoms with Gasteiger partial charge in [0.1, 0.15) is 17.8 Å². The Balaban J connectivity index is 1.38. The largest absolute Gasteiger partial charge is 0.394 e. The minimum Gasteiger partial charge on any atom is -0.394 e. The van der Waals surface area contributed by atoms with Crippen LogP contribution in [0.5, 0.6) is 0 Å². The third-order valence-electron chi connectivity index (χ3n) is 11.6. The number of nitrogens with zero attached hydrogens (tertiary/aromatic N) is 1. The highest BCUT2D eigenvalue weighted by Gasteiger charge is 2.78. The molecule has 0 saturated carbocycles. The Morgan fingerprint density at radius 1 is 0.684 bits per heavy atom. The lowest BCUT2D eigenvalue weighted by atomic mass is 9.59. The number of hydrogen-bond acceptors (Lipinski definition) is 7. The molecule has 3 N–H and O–H groups in total. The summed E-state index contributed by atoms with van der Waals surface area (Å²) in [5.74, 6) is 4.11. The van der Waals surface area contributed by atoms with E-state index in [-0.39, 0.29) is 5.56 Å². The minimum absolute atomic E-state index is 0.0607. The molecule has 9 rings (SSSR count). The zero-order valence-electron chi connectivity index (χ0n) is 31.2. The molecule has 3 atom stereocenters. The van der Waals surface area contributed by atoms with Crippen molar-refractivity contribution in [3.05, 3.63) is 200 Å². The first-order valence-corrected chi connectivity index (χ1v) is 18.6. The number of aliphatic hydroxyl groups excluding tert-OH is 2. The van der Waals surface area contributed by atoms with Crippen LogP contribution >= 0.6 is 0 Å². The quantitative estimate of drug-likeness (QED) is 0.0725. The van der Waals surface area contributed by atoms with Gasteiger partial charge in [0.25, 0.3) is 5.56 Å². The number of H-pyrrole nitrogens is 1. The van der Waals surface area contributed by atoms with Gasteiger partial charge in [-0.1, -0.05) is 151 Å². The van der Waals surface area contributed by atoms with E-state index < -0.39 is 47.0 Å². The van der Waals surface area contributed by atoms with Gasteiger partial charge >= 0.3 is 5.69 Å². The Bertz CT molecular complexity index is 2820. The van der Waals surface area contributed by atoms with E-state index in [0.717, 1.165) is 32.3 Å². The third kappa shape index (κ3) is 5.09. The predicted octanol–water partition coefficient (Wildman–Crippen LogP) is 6.26. The molecule has 2 heterocycles. The fourth-order valence-electron chi connectivity index (χ4n) is 9.23. The monoisotopic (exact) mass is 754 g/mol. The number of ether oxygens (including phenoxy) is 3. The van der Waals surface area contributed by atoms with Crippen LogP contribution in [0.1, 0.15) is 27.8 Å². The molecular formula is C48H38N2O7. The average Bonchev–Trinajstić information content (AvgIpc) is 3.51. The first-order valence-electron chi connectivity index (χ1n) is 18.6. The van der Waals surface area contributed by atoms with Crippen LogP contribution in [0, 0.1) is 11.8 Å². The molecule has 0 bridgehead atoms. The fraction of sp³-hybridized carbons (Fsp3) is 0.167. The van der Waals surface area contributed by atoms with Gasteiger partial charge in [0.15, 0.2) is 0 Å². The number of nitrogens with one attached hydrogen (secondary N) is 1. The van der Waals surface area contributed by atoms with Gasteiger partial charge in [-0.15, -0.1) is 0 Å². The Morgan fingerprint density at radius 3 is 1.74 bits per heavy atom. The first-order chi connectivity index (χ1) is 27.8. The van der Waals surface area contributed by atoms with Crippen molar-refractivity contribution in [2.45, 2.75) is 29.1 Å². The maximum atomic E-state index is 14.7. The van der Waals surface area contributed by atoms with Crippen LogP contribution in [0.3, 0.4) is 0 Å². The highest BCUT2D eigenvalue weighted by Crippen LogP contribution is 2.61. The standard InChI is InChI=1S/C48H38N2O7/c1-55-47(56-2)43(52)40(30-51)57-48(47,46(36-15-6-3-7-16-36,37-17-8-4-9-18-37)38-19-10-5-11-20-38)50-29-35(44(53)49-45(50)54)26-22-31-21-23-34-25-24-32-13-12-14-33-27-28-39(31)42(34)41(32)33/h3-21,23-25,27-29,40,43,51-52H,30H2,1-2H3,(H,49,53,54)/t40-,43-,48-/m1/s1. The van der Waals surface area contributed by atoms with Crippen molar-refractivity contribution in [3.8, 4) is 11.8 Å². The van der Waals surface area contributed by atoms with Crippen LogP contribution < -0.4 is 11.2 Å². The molecule has 7 aromatic carbocycles. The zero-order chi connectivity index (χ0) is 39.4. The lowest BCUT2D eigenvalue weighted by molar-refractivity contribution is -0.339. The molecule has 1 saturated heterocycles. The molecule has 57 heavy (non-hydrogen) atoms. The summed E-state index contributed by atoms with van der Waals surface area (Å²) in [6.07, 6.45) is -1.64. The zero-order valence-corrected chi connectivity index (χ0v) is 31.2. The number of aromatic nitrogens is 2. The van der Waals surface area contributed by atoms with Gasteiger partial charge in [-0.2, -0.15) is 0 Å². The summed E-state index contributed by atoms with van der Waals surface area (Å²) in [7, 11) is 2.70. The SMILES string of the molecule is COC1(OC)[C@H](O)[C@@H](CO)O[C@]1(n1cc(C#Cc2ccc3ccc4cccc5ccc2c3c45)c(=O)[nH]c1=O)C(c1ccccc1)(c1ccccc1)c1ccccc1. The van der Waals surface area contributed by atoms with Gasteiger partial charge in [0, 0.05) is 26.0 Å². The molecule has 0 radical (unpaired) electrons. The van der Waals surface area contributed by atoms with E-state index in [0.29, 0.717) is 22.3 Å². The van der Waals surface area contributed by atoms with Crippen LogP contribution in [0.2, 0.25) is 0 Å². The number of hydrogen-bond donors (Lipinski definition) is 3. The van der Waals surface area contributed by atoms with Crippen molar-refractivity contribution in [3.63, 3.8) is 0 Å². The Morgan fingerprint density at radius 2 is 1.19 bits per heavy atom. The van der Waals surface area contributed by atoms with E-state index in [9.17, 15) is 19.8 Å². The number of aromatic amines is 1. The number of methoxy groups -OCH3 is 2. The van der Waals surface area contributed by atoms with E-state index in [1.54, 1.807) is 0 Å². The molecule has 1 fully saturated rings. The van der Waals surface area contributed by atoms with Crippen LogP contribution in [0.25, 0.3) is 32.3 Å². The van der Waals surface area contributed by atoms with Crippen molar-refractivity contribution in [2.75, 3.05) is 20.8 Å². The first kappa shape index (κ1) is 36.3. The smallest absolute Gasteiger partial charge is 0.330 e. The van der Waals surface area contributed by atoms with E-state index in [1.165, 1.54) is 25.0 Å². The lowest BCUT2D eigenvalue weighted by Crippen LogP contribution is -2.71. The second kappa shape index (κ2) is 14.0. The topological polar surface area (TPSA) is 123 Å². The summed E-state index contributed by atoms with van der Waals surface area (Å²) in [6, 6.07) is 46.6. The molecule has 8 aromatic rings. The molecular weight excluding hydrogens is 717 g/mol. The summed E-state index contributed by atoms with van der Waals surface area (Å²) in [6.45, 7) is -0.661. The van der Waals surface area contributed by atoms with Gasteiger partial charge < -0.3 is 24.4 Å². The molecule has 1 aliphatic rings. The Kier molecular flexibility index (Phi) is 8.89. The molecule has 0 amide bonds. The van der Waals surface area contributed by atoms with E-state index in [4.69, 9.17) is 14.2 Å². The summed E-state index contributed by atoms with van der Waals surface area (Å²) in [5, 5.41) is 29.5. The van der Waals surface area contributed by atoms with E-state index in [1.807, 2.05) is 115 Å². The van der Waals surface area contributed by atoms with Crippen molar-refractivity contribution in [1.82, 2.24) is 9.55 Å². The van der Waals surface area contributed by atoms with Gasteiger partial charge in [0.2, 0.25) is 11.5 Å². The van der Waals surface area contributed by atoms with Crippen LogP contribution in [0.15, 0.2) is 161 Å². The molecule has 0 unspecified atom stereocenters. The summed E-state index contributed by atoms with van der Waals surface area (Å²) < 4.78 is 20.8. The normalized spacial score (nSPS) is 19.2. The van der Waals surface area contributed by atoms with Crippen molar-refractivity contribution >= 4 is 32.3 Å². The van der Waals surface area contributed by atoms with Crippen LogP contribution in [-0.2, 0) is 25.4 Å². The van der Waals surface area contributed by atoms with E-state index >= 15 is 0 Å². The maximum Gasteiger partial charge on any atom is 0.330 e. The Hall–Kier alpha value is -6.38. The molecule has 282 valence electrons. The number of aliphatic hydroxyl groups is 2. The van der Waals surface area contributed by atoms with Crippen LogP contribution in [0.4, 0.5) is 0 Å². The number of rotatable bonds is 8. The molecule has 1 aliphatic heterocycles. The second-order valence-corrected chi connectivity index (χ2v) is 14.2. The highest BCUT2D eigenvalue weighted by molar-refractivity contribution is 6.23. The average molecular weight is 755 g/mol. The van der Waals surface area contributed by atoms with Crippen molar-refractivity contribution in [1.29, 1.82) is 0 Å². The van der Waals surface area contributed by atoms with E-state index in [2.05, 4.69) is 47.2 Å². The number of benzene rings is 7. The molecule has 0 spiro atoms. The van der Waals surface area contributed by atoms with Crippen LogP contribution in [-0.4, -0.2) is 58.6 Å². The Labute approximate surface area is 327 Å². The van der Waals surface area contributed by atoms with Crippen molar-refractivity contribution in [2.24, 2.45) is 0 Å². The summed E-state index contributed by atoms with van der Waals surface area (Å²) in [5.41, 5.74) is -2.91. The molecule has 9 heteroatoms.